The van der Waals surface area contributed by atoms with E-state index in [0.717, 1.165) is 36.6 Å². The third-order valence-corrected chi connectivity index (χ3v) is 3.33. The molecule has 0 aliphatic heterocycles. The molecule has 2 aromatic rings. The molecule has 1 heterocycles. The largest absolute Gasteiger partial charge is 0.330 e. The first-order valence-corrected chi connectivity index (χ1v) is 6.94. The fraction of sp³-hybridized carbons (Fsp3) is 0.467. The van der Waals surface area contributed by atoms with Crippen molar-refractivity contribution >= 4 is 0 Å². The lowest BCUT2D eigenvalue weighted by Crippen LogP contribution is -2.06. The van der Waals surface area contributed by atoms with Gasteiger partial charge in [-0.15, -0.1) is 0 Å². The Labute approximate surface area is 114 Å². The normalized spacial score (nSPS) is 10.9. The van der Waals surface area contributed by atoms with Crippen LogP contribution in [-0.4, -0.2) is 21.3 Å². The second-order valence-corrected chi connectivity index (χ2v) is 4.71. The van der Waals surface area contributed by atoms with Crippen molar-refractivity contribution in [3.63, 3.8) is 0 Å². The Morgan fingerprint density at radius 2 is 2.00 bits per heavy atom. The molecule has 0 unspecified atom stereocenters. The monoisotopic (exact) mass is 258 g/mol. The number of hydrogen-bond acceptors (Lipinski definition) is 3. The van der Waals surface area contributed by atoms with Crippen LogP contribution in [0.5, 0.6) is 0 Å². The van der Waals surface area contributed by atoms with Crippen molar-refractivity contribution in [2.45, 2.75) is 40.0 Å². The number of nitrogens with two attached hydrogens (primary N) is 1. The summed E-state index contributed by atoms with van der Waals surface area (Å²) < 4.78 is 1.96. The summed E-state index contributed by atoms with van der Waals surface area (Å²) in [4.78, 5) is 4.54. The van der Waals surface area contributed by atoms with Crippen molar-refractivity contribution in [3.05, 3.63) is 41.0 Å². The zero-order chi connectivity index (χ0) is 13.8. The van der Waals surface area contributed by atoms with Gasteiger partial charge < -0.3 is 5.73 Å². The maximum atomic E-state index is 5.62. The molecule has 0 radical (unpaired) electrons. The fourth-order valence-electron chi connectivity index (χ4n) is 2.22. The average Bonchev–Trinajstić information content (AvgIpc) is 2.84. The molecule has 0 saturated heterocycles. The lowest BCUT2D eigenvalue weighted by molar-refractivity contribution is 0.789. The molecule has 1 aromatic carbocycles. The smallest absolute Gasteiger partial charge is 0.151 e. The van der Waals surface area contributed by atoms with Gasteiger partial charge in [0.1, 0.15) is 5.82 Å². The second kappa shape index (κ2) is 5.97. The standard InChI is InChI=1S/C15H22N4/c1-4-14-17-15(5-2)19(18-14)13-7-6-12(8-9-16)11(3)10-13/h6-7,10H,4-5,8-9,16H2,1-3H3. The van der Waals surface area contributed by atoms with Crippen molar-refractivity contribution in [1.82, 2.24) is 14.8 Å². The second-order valence-electron chi connectivity index (χ2n) is 4.71. The van der Waals surface area contributed by atoms with Gasteiger partial charge in [0.2, 0.25) is 0 Å². The molecule has 4 heteroatoms. The Morgan fingerprint density at radius 3 is 2.58 bits per heavy atom. The lowest BCUT2D eigenvalue weighted by Gasteiger charge is -2.09. The zero-order valence-electron chi connectivity index (χ0n) is 12.0. The van der Waals surface area contributed by atoms with Crippen molar-refractivity contribution in [3.8, 4) is 5.69 Å². The van der Waals surface area contributed by atoms with Crippen molar-refractivity contribution in [2.24, 2.45) is 5.73 Å². The van der Waals surface area contributed by atoms with E-state index in [4.69, 9.17) is 5.73 Å². The minimum absolute atomic E-state index is 0.684. The van der Waals surface area contributed by atoms with Gasteiger partial charge in [0, 0.05) is 12.8 Å². The summed E-state index contributed by atoms with van der Waals surface area (Å²) in [5.41, 5.74) is 9.27. The van der Waals surface area contributed by atoms with E-state index >= 15 is 0 Å². The Hall–Kier alpha value is -1.68. The van der Waals surface area contributed by atoms with E-state index < -0.39 is 0 Å². The molecular weight excluding hydrogens is 236 g/mol. The van der Waals surface area contributed by atoms with E-state index in [0.29, 0.717) is 6.54 Å². The summed E-state index contributed by atoms with van der Waals surface area (Å²) in [5, 5.41) is 4.57. The summed E-state index contributed by atoms with van der Waals surface area (Å²) in [6.45, 7) is 6.99. The molecule has 1 aromatic heterocycles. The van der Waals surface area contributed by atoms with Gasteiger partial charge >= 0.3 is 0 Å². The van der Waals surface area contributed by atoms with Gasteiger partial charge in [-0.2, -0.15) is 5.10 Å². The SMILES string of the molecule is CCc1nc(CC)n(-c2ccc(CCN)c(C)c2)n1. The van der Waals surface area contributed by atoms with Crippen LogP contribution in [0.2, 0.25) is 0 Å². The van der Waals surface area contributed by atoms with Crippen LogP contribution in [0.15, 0.2) is 18.2 Å². The molecule has 4 nitrogen and oxygen atoms in total. The molecule has 19 heavy (non-hydrogen) atoms. The van der Waals surface area contributed by atoms with Gasteiger partial charge in [0.05, 0.1) is 5.69 Å². The highest BCUT2D eigenvalue weighted by Gasteiger charge is 2.10. The number of aromatic nitrogens is 3. The quantitative estimate of drug-likeness (QED) is 0.894. The molecule has 0 spiro atoms. The van der Waals surface area contributed by atoms with E-state index in [-0.39, 0.29) is 0 Å². The predicted molar refractivity (Wildman–Crippen MR) is 77.6 cm³/mol. The summed E-state index contributed by atoms with van der Waals surface area (Å²) in [6, 6.07) is 6.41. The highest BCUT2D eigenvalue weighted by molar-refractivity contribution is 5.40. The van der Waals surface area contributed by atoms with Gasteiger partial charge in [0.15, 0.2) is 5.82 Å². The van der Waals surface area contributed by atoms with Crippen molar-refractivity contribution in [2.75, 3.05) is 6.54 Å². The highest BCUT2D eigenvalue weighted by atomic mass is 15.3. The molecule has 2 rings (SSSR count). The number of nitrogens with zero attached hydrogens (tertiary/aromatic N) is 3. The number of aryl methyl sites for hydroxylation is 3. The Kier molecular flexibility index (Phi) is 4.32. The van der Waals surface area contributed by atoms with E-state index in [1.54, 1.807) is 0 Å². The van der Waals surface area contributed by atoms with E-state index in [1.165, 1.54) is 11.1 Å². The van der Waals surface area contributed by atoms with Crippen molar-refractivity contribution in [1.29, 1.82) is 0 Å². The first-order chi connectivity index (χ1) is 9.19. The molecule has 0 aliphatic rings. The number of hydrogen-bond donors (Lipinski definition) is 1. The molecule has 0 aliphatic carbocycles. The van der Waals surface area contributed by atoms with Crippen LogP contribution >= 0.6 is 0 Å². The highest BCUT2D eigenvalue weighted by Crippen LogP contribution is 2.16. The number of rotatable bonds is 5. The average molecular weight is 258 g/mol. The zero-order valence-corrected chi connectivity index (χ0v) is 12.0. The molecule has 0 amide bonds. The van der Waals surface area contributed by atoms with Crippen LogP contribution in [-0.2, 0) is 19.3 Å². The summed E-state index contributed by atoms with van der Waals surface area (Å²) in [5.74, 6) is 1.92. The fourth-order valence-corrected chi connectivity index (χ4v) is 2.22. The van der Waals surface area contributed by atoms with Gasteiger partial charge in [0.25, 0.3) is 0 Å². The summed E-state index contributed by atoms with van der Waals surface area (Å²) in [7, 11) is 0. The van der Waals surface area contributed by atoms with Gasteiger partial charge in [-0.3, -0.25) is 0 Å². The van der Waals surface area contributed by atoms with Crippen LogP contribution in [0.4, 0.5) is 0 Å². The van der Waals surface area contributed by atoms with E-state index in [9.17, 15) is 0 Å². The Balaban J connectivity index is 2.41. The van der Waals surface area contributed by atoms with Gasteiger partial charge in [-0.05, 0) is 43.1 Å². The molecule has 102 valence electrons. The van der Waals surface area contributed by atoms with Crippen LogP contribution in [0, 0.1) is 6.92 Å². The van der Waals surface area contributed by atoms with Crippen LogP contribution < -0.4 is 5.73 Å². The molecule has 0 saturated carbocycles. The van der Waals surface area contributed by atoms with Gasteiger partial charge in [-0.1, -0.05) is 19.9 Å². The Morgan fingerprint density at radius 1 is 1.21 bits per heavy atom. The molecule has 0 bridgehead atoms. The minimum Gasteiger partial charge on any atom is -0.330 e. The Bertz CT molecular complexity index is 557. The van der Waals surface area contributed by atoms with E-state index in [2.05, 4.69) is 49.1 Å². The first-order valence-electron chi connectivity index (χ1n) is 6.94. The topological polar surface area (TPSA) is 56.7 Å². The summed E-state index contributed by atoms with van der Waals surface area (Å²) in [6.07, 6.45) is 2.67. The third-order valence-electron chi connectivity index (χ3n) is 3.33. The molecule has 2 N–H and O–H groups in total. The van der Waals surface area contributed by atoms with E-state index in [1.807, 2.05) is 4.68 Å². The molecule has 0 atom stereocenters. The van der Waals surface area contributed by atoms with Crippen LogP contribution in [0.25, 0.3) is 5.69 Å². The van der Waals surface area contributed by atoms with Crippen LogP contribution in [0.1, 0.15) is 36.6 Å². The van der Waals surface area contributed by atoms with Crippen LogP contribution in [0.3, 0.4) is 0 Å². The van der Waals surface area contributed by atoms with Crippen molar-refractivity contribution < 1.29 is 0 Å². The molecular formula is C15H22N4. The lowest BCUT2D eigenvalue weighted by atomic mass is 10.1. The predicted octanol–water partition coefficient (Wildman–Crippen LogP) is 2.20. The first kappa shape index (κ1) is 13.7. The number of benzene rings is 1. The van der Waals surface area contributed by atoms with Gasteiger partial charge in [-0.25, -0.2) is 9.67 Å². The summed E-state index contributed by atoms with van der Waals surface area (Å²) >= 11 is 0. The maximum Gasteiger partial charge on any atom is 0.151 e. The molecule has 0 fully saturated rings. The maximum absolute atomic E-state index is 5.62. The third kappa shape index (κ3) is 2.84. The minimum atomic E-state index is 0.684.